The van der Waals surface area contributed by atoms with Crippen molar-refractivity contribution < 1.29 is 5.11 Å². The van der Waals surface area contributed by atoms with Crippen LogP contribution in [0.25, 0.3) is 10.9 Å². The summed E-state index contributed by atoms with van der Waals surface area (Å²) in [4.78, 5) is 2.99. The second-order valence-electron chi connectivity index (χ2n) is 2.91. The van der Waals surface area contributed by atoms with Crippen LogP contribution in [0.15, 0.2) is 24.4 Å². The number of benzene rings is 1. The van der Waals surface area contributed by atoms with Crippen LogP contribution in [0.3, 0.4) is 0 Å². The highest BCUT2D eigenvalue weighted by Gasteiger charge is 2.01. The van der Waals surface area contributed by atoms with Gasteiger partial charge in [0, 0.05) is 11.6 Å². The fourth-order valence-electron chi connectivity index (χ4n) is 1.42. The van der Waals surface area contributed by atoms with Crippen LogP contribution >= 0.6 is 0 Å². The Hall–Kier alpha value is -1.44. The Labute approximate surface area is 70.8 Å². The van der Waals surface area contributed by atoms with Gasteiger partial charge in [-0.3, -0.25) is 0 Å². The number of nitrogens with one attached hydrogen (secondary N) is 1. The first-order valence-electron chi connectivity index (χ1n) is 4.10. The summed E-state index contributed by atoms with van der Waals surface area (Å²) in [7, 11) is 0. The molecule has 2 rings (SSSR count). The molecular weight excluding hydrogens is 150 g/mol. The molecule has 1 aromatic heterocycles. The highest BCUT2D eigenvalue weighted by molar-refractivity contribution is 5.85. The molecule has 2 N–H and O–H groups in total. The molecule has 0 aliphatic carbocycles. The first-order valence-corrected chi connectivity index (χ1v) is 4.10. The lowest BCUT2D eigenvalue weighted by molar-refractivity contribution is 0.480. The topological polar surface area (TPSA) is 36.0 Å². The van der Waals surface area contributed by atoms with E-state index < -0.39 is 0 Å². The van der Waals surface area contributed by atoms with E-state index in [0.29, 0.717) is 5.75 Å². The van der Waals surface area contributed by atoms with Crippen molar-refractivity contribution in [3.8, 4) is 5.75 Å². The SMILES string of the molecule is CCc1cc(O)c2[nH]ccc2c1. The van der Waals surface area contributed by atoms with Crippen LogP contribution in [0.5, 0.6) is 5.75 Å². The van der Waals surface area contributed by atoms with Crippen molar-refractivity contribution in [1.82, 2.24) is 4.98 Å². The van der Waals surface area contributed by atoms with Crippen LogP contribution in [0, 0.1) is 0 Å². The molecule has 0 saturated heterocycles. The van der Waals surface area contributed by atoms with E-state index in [1.807, 2.05) is 12.3 Å². The molecule has 0 radical (unpaired) electrons. The van der Waals surface area contributed by atoms with Crippen molar-refractivity contribution in [3.05, 3.63) is 30.0 Å². The number of aryl methyl sites for hydroxylation is 1. The quantitative estimate of drug-likeness (QED) is 0.662. The smallest absolute Gasteiger partial charge is 0.139 e. The molecule has 0 bridgehead atoms. The molecule has 12 heavy (non-hydrogen) atoms. The molecule has 1 aromatic carbocycles. The Kier molecular flexibility index (Phi) is 1.54. The van der Waals surface area contributed by atoms with E-state index in [1.165, 1.54) is 5.56 Å². The summed E-state index contributed by atoms with van der Waals surface area (Å²) < 4.78 is 0. The normalized spacial score (nSPS) is 10.8. The second-order valence-corrected chi connectivity index (χ2v) is 2.91. The predicted octanol–water partition coefficient (Wildman–Crippen LogP) is 2.44. The van der Waals surface area contributed by atoms with Gasteiger partial charge in [-0.2, -0.15) is 0 Å². The summed E-state index contributed by atoms with van der Waals surface area (Å²) in [6, 6.07) is 5.86. The second kappa shape index (κ2) is 2.55. The molecule has 0 saturated carbocycles. The number of hydrogen-bond acceptors (Lipinski definition) is 1. The summed E-state index contributed by atoms with van der Waals surface area (Å²) in [5.74, 6) is 0.342. The van der Waals surface area contributed by atoms with E-state index >= 15 is 0 Å². The zero-order valence-corrected chi connectivity index (χ0v) is 6.96. The van der Waals surface area contributed by atoms with Crippen molar-refractivity contribution >= 4 is 10.9 Å². The van der Waals surface area contributed by atoms with Gasteiger partial charge in [0.05, 0.1) is 5.52 Å². The predicted molar refractivity (Wildman–Crippen MR) is 49.3 cm³/mol. The number of aromatic hydroxyl groups is 1. The van der Waals surface area contributed by atoms with Crippen LogP contribution in [-0.4, -0.2) is 10.1 Å². The van der Waals surface area contributed by atoms with Gasteiger partial charge in [0.25, 0.3) is 0 Å². The van der Waals surface area contributed by atoms with Crippen LogP contribution in [0.4, 0.5) is 0 Å². The standard InChI is InChI=1S/C10H11NO/c1-2-7-5-8-3-4-11-10(8)9(12)6-7/h3-6,11-12H,2H2,1H3. The molecule has 2 aromatic rings. The molecule has 62 valence electrons. The average Bonchev–Trinajstić information content (AvgIpc) is 2.52. The molecule has 0 atom stereocenters. The summed E-state index contributed by atoms with van der Waals surface area (Å²) in [5, 5.41) is 10.6. The zero-order valence-electron chi connectivity index (χ0n) is 6.96. The number of fused-ring (bicyclic) bond motifs is 1. The Balaban J connectivity index is 2.75. The number of rotatable bonds is 1. The summed E-state index contributed by atoms with van der Waals surface area (Å²) in [6.45, 7) is 2.08. The van der Waals surface area contributed by atoms with E-state index in [4.69, 9.17) is 0 Å². The van der Waals surface area contributed by atoms with Gasteiger partial charge in [0.2, 0.25) is 0 Å². The molecule has 1 heterocycles. The number of aromatic nitrogens is 1. The summed E-state index contributed by atoms with van der Waals surface area (Å²) in [5.41, 5.74) is 1.99. The van der Waals surface area contributed by atoms with Crippen molar-refractivity contribution in [3.63, 3.8) is 0 Å². The van der Waals surface area contributed by atoms with Gasteiger partial charge in [-0.1, -0.05) is 6.92 Å². The maximum absolute atomic E-state index is 9.54. The Morgan fingerprint density at radius 1 is 1.42 bits per heavy atom. The lowest BCUT2D eigenvalue weighted by Gasteiger charge is -1.99. The van der Waals surface area contributed by atoms with Gasteiger partial charge < -0.3 is 10.1 Å². The summed E-state index contributed by atoms with van der Waals surface area (Å²) in [6.07, 6.45) is 2.79. The highest BCUT2D eigenvalue weighted by Crippen LogP contribution is 2.24. The first kappa shape index (κ1) is 7.22. The molecule has 2 nitrogen and oxygen atoms in total. The Morgan fingerprint density at radius 2 is 2.25 bits per heavy atom. The fraction of sp³-hybridized carbons (Fsp3) is 0.200. The zero-order chi connectivity index (χ0) is 8.55. The number of aromatic amines is 1. The maximum atomic E-state index is 9.54. The van der Waals surface area contributed by atoms with Gasteiger partial charge in [-0.25, -0.2) is 0 Å². The first-order chi connectivity index (χ1) is 5.81. The molecule has 0 spiro atoms. The highest BCUT2D eigenvalue weighted by atomic mass is 16.3. The van der Waals surface area contributed by atoms with Crippen molar-refractivity contribution in [1.29, 1.82) is 0 Å². The van der Waals surface area contributed by atoms with Crippen LogP contribution in [0.2, 0.25) is 0 Å². The molecule has 0 fully saturated rings. The monoisotopic (exact) mass is 161 g/mol. The van der Waals surface area contributed by atoms with Gasteiger partial charge in [0.15, 0.2) is 0 Å². The van der Waals surface area contributed by atoms with Crippen LogP contribution < -0.4 is 0 Å². The lowest BCUT2D eigenvalue weighted by atomic mass is 10.1. The van der Waals surface area contributed by atoms with Gasteiger partial charge >= 0.3 is 0 Å². The Morgan fingerprint density at radius 3 is 3.00 bits per heavy atom. The molecule has 2 heteroatoms. The average molecular weight is 161 g/mol. The maximum Gasteiger partial charge on any atom is 0.139 e. The van der Waals surface area contributed by atoms with Crippen molar-refractivity contribution in [2.75, 3.05) is 0 Å². The third kappa shape index (κ3) is 0.961. The third-order valence-electron chi connectivity index (χ3n) is 2.11. The van der Waals surface area contributed by atoms with E-state index in [1.54, 1.807) is 6.07 Å². The third-order valence-corrected chi connectivity index (χ3v) is 2.11. The molecular formula is C10H11NO. The number of H-pyrrole nitrogens is 1. The number of hydrogen-bond donors (Lipinski definition) is 2. The van der Waals surface area contributed by atoms with E-state index in [-0.39, 0.29) is 0 Å². The summed E-state index contributed by atoms with van der Waals surface area (Å²) >= 11 is 0. The number of phenolic OH excluding ortho intramolecular Hbond substituents is 1. The van der Waals surface area contributed by atoms with Gasteiger partial charge in [-0.15, -0.1) is 0 Å². The van der Waals surface area contributed by atoms with E-state index in [9.17, 15) is 5.11 Å². The molecule has 0 aliphatic rings. The van der Waals surface area contributed by atoms with Crippen molar-refractivity contribution in [2.45, 2.75) is 13.3 Å². The lowest BCUT2D eigenvalue weighted by Crippen LogP contribution is -1.79. The van der Waals surface area contributed by atoms with Gasteiger partial charge in [-0.05, 0) is 30.2 Å². The van der Waals surface area contributed by atoms with Crippen LogP contribution in [-0.2, 0) is 6.42 Å². The molecule has 0 aliphatic heterocycles. The van der Waals surface area contributed by atoms with Crippen molar-refractivity contribution in [2.24, 2.45) is 0 Å². The van der Waals surface area contributed by atoms with E-state index in [2.05, 4.69) is 18.0 Å². The minimum atomic E-state index is 0.342. The fourth-order valence-corrected chi connectivity index (χ4v) is 1.42. The molecule has 0 amide bonds. The van der Waals surface area contributed by atoms with Crippen LogP contribution in [0.1, 0.15) is 12.5 Å². The number of phenols is 1. The molecule has 0 unspecified atom stereocenters. The minimum absolute atomic E-state index is 0.342. The van der Waals surface area contributed by atoms with E-state index in [0.717, 1.165) is 17.3 Å². The minimum Gasteiger partial charge on any atom is -0.506 e. The Bertz CT molecular complexity index is 403. The largest absolute Gasteiger partial charge is 0.506 e. The van der Waals surface area contributed by atoms with Gasteiger partial charge in [0.1, 0.15) is 5.75 Å².